The van der Waals surface area contributed by atoms with Gasteiger partial charge in [0.1, 0.15) is 11.5 Å². The van der Waals surface area contributed by atoms with E-state index < -0.39 is 0 Å². The molecule has 2 N–H and O–H groups in total. The van der Waals surface area contributed by atoms with E-state index in [9.17, 15) is 19.8 Å². The molecule has 5 rings (SSSR count). The normalized spacial score (nSPS) is 39.6. The molecular weight excluding hydrogens is 378 g/mol. The Hall–Kier alpha value is -2.04. The van der Waals surface area contributed by atoms with Crippen molar-refractivity contribution in [2.75, 3.05) is 0 Å². The monoisotopic (exact) mass is 411 g/mol. The van der Waals surface area contributed by atoms with Crippen LogP contribution in [0.5, 0.6) is 11.5 Å². The van der Waals surface area contributed by atoms with Crippen LogP contribution in [-0.2, 0) is 21.4 Å². The first-order chi connectivity index (χ1) is 14.0. The highest BCUT2D eigenvalue weighted by molar-refractivity contribution is 6.02. The average Bonchev–Trinajstić information content (AvgIpc) is 3.12. The third kappa shape index (κ3) is 2.35. The molecule has 5 heteroatoms. The van der Waals surface area contributed by atoms with E-state index in [0.717, 1.165) is 43.2 Å². The standard InChI is InChI=1S/C25H33NO4/c1-23(2)17-7-9-25(4)18(12-14-11-15(27)13-16(28)22(14)25)24(17,3)10-8-19(23)26-20(29)5-6-21(26)30/h11,13,17-19,27-28H,5-10,12H2,1-4H3. The molecule has 2 saturated carbocycles. The SMILES string of the molecule is CC12CCC3C(C)(C)C(N4C(=O)CCC4=O)CCC3(C)C1Cc1cc(O)cc(O)c12. The molecule has 0 radical (unpaired) electrons. The fraction of sp³-hybridized carbons (Fsp3) is 0.680. The number of phenolic OH excluding ortho intramolecular Hbond substituents is 2. The summed E-state index contributed by atoms with van der Waals surface area (Å²) in [6.45, 7) is 9.20. The molecule has 1 saturated heterocycles. The quantitative estimate of drug-likeness (QED) is 0.676. The maximum atomic E-state index is 12.5. The van der Waals surface area contributed by atoms with E-state index in [1.54, 1.807) is 4.90 Å². The molecular formula is C25H33NO4. The lowest BCUT2D eigenvalue weighted by atomic mass is 9.42. The maximum Gasteiger partial charge on any atom is 0.229 e. The number of likely N-dealkylation sites (tertiary alicyclic amines) is 1. The van der Waals surface area contributed by atoms with Gasteiger partial charge in [-0.1, -0.05) is 27.7 Å². The number of imide groups is 1. The lowest BCUT2D eigenvalue weighted by Gasteiger charge is -2.63. The number of fused-ring (bicyclic) bond motifs is 5. The number of phenols is 2. The molecule has 2 amide bonds. The second-order valence-electron chi connectivity index (χ2n) is 11.3. The van der Waals surface area contributed by atoms with Gasteiger partial charge in [0.05, 0.1) is 0 Å². The smallest absolute Gasteiger partial charge is 0.229 e. The van der Waals surface area contributed by atoms with Crippen molar-refractivity contribution in [2.45, 2.75) is 84.1 Å². The van der Waals surface area contributed by atoms with Gasteiger partial charge in [0, 0.05) is 35.9 Å². The predicted molar refractivity (Wildman–Crippen MR) is 113 cm³/mol. The molecule has 4 aliphatic rings. The third-order valence-electron chi connectivity index (χ3n) is 9.61. The molecule has 1 heterocycles. The highest BCUT2D eigenvalue weighted by atomic mass is 16.3. The van der Waals surface area contributed by atoms with Gasteiger partial charge in [-0.2, -0.15) is 0 Å². The second-order valence-corrected chi connectivity index (χ2v) is 11.3. The lowest BCUT2D eigenvalue weighted by Crippen LogP contribution is -2.62. The van der Waals surface area contributed by atoms with Gasteiger partial charge < -0.3 is 10.2 Å². The summed E-state index contributed by atoms with van der Waals surface area (Å²) >= 11 is 0. The Morgan fingerprint density at radius 3 is 2.27 bits per heavy atom. The van der Waals surface area contributed by atoms with Crippen molar-refractivity contribution < 1.29 is 19.8 Å². The fourth-order valence-electron chi connectivity index (χ4n) is 8.41. The zero-order valence-electron chi connectivity index (χ0n) is 18.5. The summed E-state index contributed by atoms with van der Waals surface area (Å²) in [5.74, 6) is 1.11. The first-order valence-electron chi connectivity index (χ1n) is 11.4. The number of aromatic hydroxyl groups is 2. The summed E-state index contributed by atoms with van der Waals surface area (Å²) in [5, 5.41) is 20.8. The van der Waals surface area contributed by atoms with E-state index in [4.69, 9.17) is 0 Å². The Morgan fingerprint density at radius 2 is 1.60 bits per heavy atom. The average molecular weight is 412 g/mol. The predicted octanol–water partition coefficient (Wildman–Crippen LogP) is 4.28. The fourth-order valence-corrected chi connectivity index (χ4v) is 8.41. The molecule has 3 aliphatic carbocycles. The molecule has 5 unspecified atom stereocenters. The van der Waals surface area contributed by atoms with Crippen molar-refractivity contribution >= 4 is 11.8 Å². The molecule has 162 valence electrons. The van der Waals surface area contributed by atoms with Crippen LogP contribution < -0.4 is 0 Å². The van der Waals surface area contributed by atoms with Crippen molar-refractivity contribution in [1.82, 2.24) is 4.90 Å². The summed E-state index contributed by atoms with van der Waals surface area (Å²) in [6, 6.07) is 3.28. The number of rotatable bonds is 1. The number of carbonyl (C=O) groups is 2. The Kier molecular flexibility index (Phi) is 3.99. The number of hydrogen-bond donors (Lipinski definition) is 2. The third-order valence-corrected chi connectivity index (χ3v) is 9.61. The van der Waals surface area contributed by atoms with Crippen LogP contribution in [0.3, 0.4) is 0 Å². The van der Waals surface area contributed by atoms with Crippen LogP contribution in [0.2, 0.25) is 0 Å². The number of benzene rings is 1. The van der Waals surface area contributed by atoms with Gasteiger partial charge in [0.25, 0.3) is 0 Å². The van der Waals surface area contributed by atoms with Crippen molar-refractivity contribution in [2.24, 2.45) is 22.7 Å². The minimum Gasteiger partial charge on any atom is -0.508 e. The first-order valence-corrected chi connectivity index (χ1v) is 11.4. The van der Waals surface area contributed by atoms with E-state index >= 15 is 0 Å². The first kappa shape index (κ1) is 19.9. The van der Waals surface area contributed by atoms with Crippen LogP contribution in [0.1, 0.15) is 77.3 Å². The zero-order valence-corrected chi connectivity index (χ0v) is 18.5. The van der Waals surface area contributed by atoms with Crippen molar-refractivity contribution in [3.63, 3.8) is 0 Å². The van der Waals surface area contributed by atoms with E-state index in [1.165, 1.54) is 6.07 Å². The molecule has 1 aromatic rings. The van der Waals surface area contributed by atoms with Gasteiger partial charge in [-0.15, -0.1) is 0 Å². The summed E-state index contributed by atoms with van der Waals surface area (Å²) < 4.78 is 0. The Bertz CT molecular complexity index is 937. The van der Waals surface area contributed by atoms with Gasteiger partial charge in [-0.25, -0.2) is 0 Å². The van der Waals surface area contributed by atoms with Crippen LogP contribution in [0.25, 0.3) is 0 Å². The van der Waals surface area contributed by atoms with Gasteiger partial charge >= 0.3 is 0 Å². The number of hydrogen-bond acceptors (Lipinski definition) is 4. The van der Waals surface area contributed by atoms with Crippen molar-refractivity contribution in [3.8, 4) is 11.5 Å². The number of amides is 2. The van der Waals surface area contributed by atoms with Gasteiger partial charge in [-0.05, 0) is 66.4 Å². The lowest BCUT2D eigenvalue weighted by molar-refractivity contribution is -0.161. The molecule has 3 fully saturated rings. The number of nitrogens with zero attached hydrogens (tertiary/aromatic N) is 1. The highest BCUT2D eigenvalue weighted by Gasteiger charge is 2.64. The number of carbonyl (C=O) groups excluding carboxylic acids is 2. The molecule has 30 heavy (non-hydrogen) atoms. The molecule has 1 aliphatic heterocycles. The summed E-state index contributed by atoms with van der Waals surface area (Å²) in [6.07, 6.45) is 5.38. The van der Waals surface area contributed by atoms with Crippen molar-refractivity contribution in [1.29, 1.82) is 0 Å². The molecule has 5 atom stereocenters. The molecule has 0 bridgehead atoms. The van der Waals surface area contributed by atoms with Crippen LogP contribution in [0, 0.1) is 22.7 Å². The summed E-state index contributed by atoms with van der Waals surface area (Å²) in [7, 11) is 0. The molecule has 0 aromatic heterocycles. The Morgan fingerprint density at radius 1 is 0.933 bits per heavy atom. The van der Waals surface area contributed by atoms with Gasteiger partial charge in [-0.3, -0.25) is 14.5 Å². The van der Waals surface area contributed by atoms with Crippen LogP contribution in [0.15, 0.2) is 12.1 Å². The van der Waals surface area contributed by atoms with Crippen molar-refractivity contribution in [3.05, 3.63) is 23.3 Å². The topological polar surface area (TPSA) is 77.8 Å². The molecule has 0 spiro atoms. The van der Waals surface area contributed by atoms with Crippen LogP contribution in [-0.4, -0.2) is 33.0 Å². The minimum absolute atomic E-state index is 0.00371. The second kappa shape index (κ2) is 6.02. The summed E-state index contributed by atoms with van der Waals surface area (Å²) in [5.41, 5.74) is 1.89. The van der Waals surface area contributed by atoms with Crippen LogP contribution in [0.4, 0.5) is 0 Å². The molecule has 1 aromatic carbocycles. The van der Waals surface area contributed by atoms with E-state index in [0.29, 0.717) is 24.7 Å². The van der Waals surface area contributed by atoms with E-state index in [-0.39, 0.29) is 45.6 Å². The Balaban J connectivity index is 1.54. The Labute approximate surface area is 178 Å². The zero-order chi connectivity index (χ0) is 21.6. The minimum atomic E-state index is -0.150. The highest BCUT2D eigenvalue weighted by Crippen LogP contribution is 2.69. The van der Waals surface area contributed by atoms with E-state index in [2.05, 4.69) is 27.7 Å². The maximum absolute atomic E-state index is 12.5. The summed E-state index contributed by atoms with van der Waals surface area (Å²) in [4.78, 5) is 26.6. The molecule has 5 nitrogen and oxygen atoms in total. The van der Waals surface area contributed by atoms with Crippen LogP contribution >= 0.6 is 0 Å². The largest absolute Gasteiger partial charge is 0.508 e. The van der Waals surface area contributed by atoms with Gasteiger partial charge in [0.15, 0.2) is 0 Å². The van der Waals surface area contributed by atoms with E-state index in [1.807, 2.05) is 6.07 Å². The van der Waals surface area contributed by atoms with Gasteiger partial charge in [0.2, 0.25) is 11.8 Å².